The highest BCUT2D eigenvalue weighted by atomic mass is 16.2. The monoisotopic (exact) mass is 352 g/mol. The summed E-state index contributed by atoms with van der Waals surface area (Å²) in [6, 6.07) is 9.82. The standard InChI is InChI=1S/C20H24N4O2/c1-14-4-6-18(15(2)12-14)22-17-5-7-19(21-13-17)20(26)24-10-8-23(9-11-24)16(3)25/h4-7,12-13,22H,8-11H2,1-3H3. The second-order valence-electron chi connectivity index (χ2n) is 6.67. The van der Waals surface area contributed by atoms with E-state index in [9.17, 15) is 9.59 Å². The van der Waals surface area contributed by atoms with E-state index in [1.54, 1.807) is 29.0 Å². The maximum atomic E-state index is 12.6. The largest absolute Gasteiger partial charge is 0.354 e. The third kappa shape index (κ3) is 4.02. The molecule has 1 aliphatic rings. The first-order chi connectivity index (χ1) is 12.4. The van der Waals surface area contributed by atoms with Gasteiger partial charge in [-0.25, -0.2) is 4.98 Å². The third-order valence-corrected chi connectivity index (χ3v) is 4.66. The lowest BCUT2D eigenvalue weighted by Gasteiger charge is -2.34. The zero-order chi connectivity index (χ0) is 18.7. The van der Waals surface area contributed by atoms with Gasteiger partial charge in [0.1, 0.15) is 5.69 Å². The predicted octanol–water partition coefficient (Wildman–Crippen LogP) is 2.75. The Kier molecular flexibility index (Phi) is 5.21. The van der Waals surface area contributed by atoms with E-state index in [1.807, 2.05) is 12.1 Å². The highest BCUT2D eigenvalue weighted by molar-refractivity contribution is 5.92. The maximum absolute atomic E-state index is 12.6. The number of piperazine rings is 1. The highest BCUT2D eigenvalue weighted by Gasteiger charge is 2.23. The number of amides is 2. The molecule has 1 fully saturated rings. The molecule has 136 valence electrons. The fourth-order valence-electron chi connectivity index (χ4n) is 3.09. The summed E-state index contributed by atoms with van der Waals surface area (Å²) >= 11 is 0. The Labute approximate surface area is 153 Å². The molecule has 2 aromatic rings. The van der Waals surface area contributed by atoms with Crippen molar-refractivity contribution < 1.29 is 9.59 Å². The van der Waals surface area contributed by atoms with Gasteiger partial charge in [-0.15, -0.1) is 0 Å². The number of benzene rings is 1. The van der Waals surface area contributed by atoms with Gasteiger partial charge in [-0.2, -0.15) is 0 Å². The number of aromatic nitrogens is 1. The normalized spacial score (nSPS) is 14.3. The van der Waals surface area contributed by atoms with Gasteiger partial charge >= 0.3 is 0 Å². The van der Waals surface area contributed by atoms with Crippen molar-refractivity contribution in [1.29, 1.82) is 0 Å². The molecule has 0 atom stereocenters. The number of carbonyl (C=O) groups is 2. The molecule has 26 heavy (non-hydrogen) atoms. The van der Waals surface area contributed by atoms with Crippen LogP contribution in [-0.4, -0.2) is 52.8 Å². The second-order valence-corrected chi connectivity index (χ2v) is 6.67. The van der Waals surface area contributed by atoms with Crippen LogP contribution < -0.4 is 5.32 Å². The first kappa shape index (κ1) is 17.9. The topological polar surface area (TPSA) is 65.5 Å². The van der Waals surface area contributed by atoms with Crippen LogP contribution in [0.5, 0.6) is 0 Å². The Morgan fingerprint density at radius 3 is 2.27 bits per heavy atom. The Balaban J connectivity index is 1.64. The minimum Gasteiger partial charge on any atom is -0.354 e. The van der Waals surface area contributed by atoms with Crippen LogP contribution >= 0.6 is 0 Å². The zero-order valence-corrected chi connectivity index (χ0v) is 15.5. The van der Waals surface area contributed by atoms with E-state index >= 15 is 0 Å². The van der Waals surface area contributed by atoms with Crippen LogP contribution in [0.3, 0.4) is 0 Å². The summed E-state index contributed by atoms with van der Waals surface area (Å²) in [6.07, 6.45) is 1.68. The van der Waals surface area contributed by atoms with Crippen LogP contribution in [0.15, 0.2) is 36.5 Å². The van der Waals surface area contributed by atoms with Gasteiger partial charge in [-0.1, -0.05) is 17.7 Å². The lowest BCUT2D eigenvalue weighted by atomic mass is 10.1. The maximum Gasteiger partial charge on any atom is 0.272 e. The number of hydrogen-bond donors (Lipinski definition) is 1. The summed E-state index contributed by atoms with van der Waals surface area (Å²) in [5, 5.41) is 3.33. The molecule has 0 saturated carbocycles. The fourth-order valence-corrected chi connectivity index (χ4v) is 3.09. The molecule has 1 aromatic heterocycles. The molecule has 6 heteroatoms. The SMILES string of the molecule is CC(=O)N1CCN(C(=O)c2ccc(Nc3ccc(C)cc3C)cn2)CC1. The molecule has 6 nitrogen and oxygen atoms in total. The van der Waals surface area contributed by atoms with Gasteiger partial charge in [0.2, 0.25) is 5.91 Å². The second kappa shape index (κ2) is 7.56. The van der Waals surface area contributed by atoms with Gasteiger partial charge in [0.15, 0.2) is 0 Å². The molecular formula is C20H24N4O2. The summed E-state index contributed by atoms with van der Waals surface area (Å²) in [7, 11) is 0. The molecule has 1 aromatic carbocycles. The number of pyridine rings is 1. The van der Waals surface area contributed by atoms with E-state index in [2.05, 4.69) is 36.3 Å². The van der Waals surface area contributed by atoms with Crippen LogP contribution in [0.4, 0.5) is 11.4 Å². The number of nitrogens with zero attached hydrogens (tertiary/aromatic N) is 3. The van der Waals surface area contributed by atoms with E-state index in [0.29, 0.717) is 31.9 Å². The summed E-state index contributed by atoms with van der Waals surface area (Å²) in [6.45, 7) is 7.92. The summed E-state index contributed by atoms with van der Waals surface area (Å²) < 4.78 is 0. The minimum absolute atomic E-state index is 0.0528. The zero-order valence-electron chi connectivity index (χ0n) is 15.5. The summed E-state index contributed by atoms with van der Waals surface area (Å²) in [5.74, 6) is -0.0386. The van der Waals surface area contributed by atoms with Gasteiger partial charge in [-0.05, 0) is 37.6 Å². The van der Waals surface area contributed by atoms with Gasteiger partial charge in [0, 0.05) is 38.8 Å². The van der Waals surface area contributed by atoms with Crippen molar-refractivity contribution >= 4 is 23.2 Å². The number of rotatable bonds is 3. The Hall–Kier alpha value is -2.89. The van der Waals surface area contributed by atoms with Gasteiger partial charge in [0.25, 0.3) is 5.91 Å². The van der Waals surface area contributed by atoms with E-state index in [1.165, 1.54) is 5.56 Å². The molecule has 0 spiro atoms. The molecule has 2 amide bonds. The molecule has 1 saturated heterocycles. The smallest absolute Gasteiger partial charge is 0.272 e. The van der Waals surface area contributed by atoms with Crippen LogP contribution in [0.2, 0.25) is 0 Å². The molecule has 2 heterocycles. The molecule has 1 N–H and O–H groups in total. The van der Waals surface area contributed by atoms with Crippen LogP contribution in [0.25, 0.3) is 0 Å². The molecule has 1 aliphatic heterocycles. The van der Waals surface area contributed by atoms with Gasteiger partial charge in [-0.3, -0.25) is 9.59 Å². The van der Waals surface area contributed by atoms with Crippen molar-refractivity contribution in [2.24, 2.45) is 0 Å². The van der Waals surface area contributed by atoms with Crippen molar-refractivity contribution in [3.8, 4) is 0 Å². The molecular weight excluding hydrogens is 328 g/mol. The molecule has 0 radical (unpaired) electrons. The number of nitrogens with one attached hydrogen (secondary N) is 1. The van der Waals surface area contributed by atoms with Crippen LogP contribution in [0, 0.1) is 13.8 Å². The van der Waals surface area contributed by atoms with Crippen molar-refractivity contribution in [3.63, 3.8) is 0 Å². The van der Waals surface area contributed by atoms with Crippen molar-refractivity contribution in [2.75, 3.05) is 31.5 Å². The van der Waals surface area contributed by atoms with E-state index < -0.39 is 0 Å². The predicted molar refractivity (Wildman–Crippen MR) is 102 cm³/mol. The van der Waals surface area contributed by atoms with Gasteiger partial charge in [0.05, 0.1) is 11.9 Å². The van der Waals surface area contributed by atoms with E-state index in [-0.39, 0.29) is 11.8 Å². The van der Waals surface area contributed by atoms with Crippen molar-refractivity contribution in [3.05, 3.63) is 53.3 Å². The number of anilines is 2. The highest BCUT2D eigenvalue weighted by Crippen LogP contribution is 2.21. The fraction of sp³-hybridized carbons (Fsp3) is 0.350. The lowest BCUT2D eigenvalue weighted by molar-refractivity contribution is -0.130. The average molecular weight is 352 g/mol. The third-order valence-electron chi connectivity index (χ3n) is 4.66. The first-order valence-corrected chi connectivity index (χ1v) is 8.79. The van der Waals surface area contributed by atoms with Crippen LogP contribution in [-0.2, 0) is 4.79 Å². The molecule has 0 unspecified atom stereocenters. The van der Waals surface area contributed by atoms with Crippen molar-refractivity contribution in [1.82, 2.24) is 14.8 Å². The number of aryl methyl sites for hydroxylation is 2. The van der Waals surface area contributed by atoms with Crippen LogP contribution in [0.1, 0.15) is 28.5 Å². The molecule has 0 aliphatic carbocycles. The quantitative estimate of drug-likeness (QED) is 0.922. The van der Waals surface area contributed by atoms with Crippen molar-refractivity contribution in [2.45, 2.75) is 20.8 Å². The molecule has 3 rings (SSSR count). The number of hydrogen-bond acceptors (Lipinski definition) is 4. The minimum atomic E-state index is -0.0914. The van der Waals surface area contributed by atoms with E-state index in [4.69, 9.17) is 0 Å². The summed E-state index contributed by atoms with van der Waals surface area (Å²) in [4.78, 5) is 31.8. The molecule has 0 bridgehead atoms. The Morgan fingerprint density at radius 1 is 1.00 bits per heavy atom. The Bertz CT molecular complexity index is 809. The van der Waals surface area contributed by atoms with E-state index in [0.717, 1.165) is 16.9 Å². The first-order valence-electron chi connectivity index (χ1n) is 8.79. The number of carbonyl (C=O) groups excluding carboxylic acids is 2. The lowest BCUT2D eigenvalue weighted by Crippen LogP contribution is -2.50. The Morgan fingerprint density at radius 2 is 1.69 bits per heavy atom. The summed E-state index contributed by atoms with van der Waals surface area (Å²) in [5.41, 5.74) is 4.67. The average Bonchev–Trinajstić information content (AvgIpc) is 2.64. The van der Waals surface area contributed by atoms with Gasteiger partial charge < -0.3 is 15.1 Å².